The molecule has 184 valence electrons. The highest BCUT2D eigenvalue weighted by Crippen LogP contribution is 2.32. The van der Waals surface area contributed by atoms with Gasteiger partial charge < -0.3 is 9.64 Å². The first-order valence-electron chi connectivity index (χ1n) is 11.1. The normalized spacial score (nSPS) is 17.3. The summed E-state index contributed by atoms with van der Waals surface area (Å²) >= 11 is 0. The van der Waals surface area contributed by atoms with E-state index in [2.05, 4.69) is 21.3 Å². The van der Waals surface area contributed by atoms with Crippen molar-refractivity contribution in [1.82, 2.24) is 24.7 Å². The lowest BCUT2D eigenvalue weighted by atomic mass is 10.0. The minimum Gasteiger partial charge on any atom is -0.483 e. The number of nitrogens with zero attached hydrogens (tertiary/aromatic N) is 7. The number of carbonyl (C=O) groups excluding carboxylic acids is 1. The van der Waals surface area contributed by atoms with Crippen molar-refractivity contribution in [2.24, 2.45) is 12.1 Å². The average Bonchev–Trinajstić information content (AvgIpc) is 3.40. The minimum absolute atomic E-state index is 0.0482. The Kier molecular flexibility index (Phi) is 5.83. The number of halogens is 3. The number of benzene rings is 1. The molecule has 1 aromatic carbocycles. The number of hydrazone groups is 1. The largest absolute Gasteiger partial charge is 0.483 e. The van der Waals surface area contributed by atoms with Crippen LogP contribution in [0.3, 0.4) is 0 Å². The van der Waals surface area contributed by atoms with Gasteiger partial charge in [0.1, 0.15) is 35.2 Å². The molecule has 2 aliphatic heterocycles. The van der Waals surface area contributed by atoms with E-state index in [4.69, 9.17) is 4.74 Å². The van der Waals surface area contributed by atoms with Crippen LogP contribution < -0.4 is 4.74 Å². The number of nitriles is 1. The fraction of sp³-hybridized carbons (Fsp3) is 0.292. The van der Waals surface area contributed by atoms with Crippen LogP contribution in [0.15, 0.2) is 35.6 Å². The molecule has 1 atom stereocenters. The molecule has 3 aromatic rings. The molecule has 2 aliphatic rings. The summed E-state index contributed by atoms with van der Waals surface area (Å²) in [5.74, 6) is -2.18. The first-order chi connectivity index (χ1) is 17.2. The zero-order chi connectivity index (χ0) is 25.6. The van der Waals surface area contributed by atoms with Gasteiger partial charge in [0.15, 0.2) is 11.6 Å². The van der Waals surface area contributed by atoms with Crippen molar-refractivity contribution in [3.8, 4) is 23.2 Å². The highest BCUT2D eigenvalue weighted by molar-refractivity contribution is 5.79. The number of amides is 2. The second kappa shape index (κ2) is 8.99. The van der Waals surface area contributed by atoms with Gasteiger partial charge in [0.05, 0.1) is 31.0 Å². The van der Waals surface area contributed by atoms with Gasteiger partial charge in [0.2, 0.25) is 0 Å². The predicted molar refractivity (Wildman–Crippen MR) is 121 cm³/mol. The molecule has 0 N–H and O–H groups in total. The summed E-state index contributed by atoms with van der Waals surface area (Å²) < 4.78 is 49.0. The molecule has 0 spiro atoms. The van der Waals surface area contributed by atoms with Gasteiger partial charge >= 0.3 is 6.03 Å². The van der Waals surface area contributed by atoms with E-state index >= 15 is 0 Å². The zero-order valence-electron chi connectivity index (χ0n) is 19.3. The van der Waals surface area contributed by atoms with E-state index in [1.807, 2.05) is 0 Å². The quantitative estimate of drug-likeness (QED) is 0.550. The molecule has 1 fully saturated rings. The Morgan fingerprint density at radius 3 is 2.56 bits per heavy atom. The number of aromatic nitrogens is 3. The van der Waals surface area contributed by atoms with Crippen LogP contribution in [0, 0.1) is 35.7 Å². The molecule has 1 saturated heterocycles. The summed E-state index contributed by atoms with van der Waals surface area (Å²) in [4.78, 5) is 18.5. The second-order valence-corrected chi connectivity index (χ2v) is 8.58. The van der Waals surface area contributed by atoms with Gasteiger partial charge in [-0.1, -0.05) is 0 Å². The van der Waals surface area contributed by atoms with Crippen molar-refractivity contribution in [2.75, 3.05) is 13.1 Å². The van der Waals surface area contributed by atoms with Crippen LogP contribution >= 0.6 is 0 Å². The number of hydrogen-bond acceptors (Lipinski definition) is 6. The van der Waals surface area contributed by atoms with Gasteiger partial charge in [-0.05, 0) is 24.6 Å². The zero-order valence-corrected chi connectivity index (χ0v) is 19.3. The first-order valence-corrected chi connectivity index (χ1v) is 11.1. The van der Waals surface area contributed by atoms with Gasteiger partial charge in [-0.15, -0.1) is 0 Å². The maximum absolute atomic E-state index is 14.4. The third-order valence-electron chi connectivity index (χ3n) is 6.16. The molecular formula is C24H20F3N7O2. The number of hydrogen-bond donors (Lipinski definition) is 0. The topological polar surface area (TPSA) is 99.6 Å². The molecule has 0 aliphatic carbocycles. The maximum Gasteiger partial charge on any atom is 0.341 e. The van der Waals surface area contributed by atoms with Crippen LogP contribution in [-0.4, -0.2) is 56.1 Å². The molecule has 2 amide bonds. The Balaban J connectivity index is 1.26. The summed E-state index contributed by atoms with van der Waals surface area (Å²) in [5.41, 5.74) is 2.09. The predicted octanol–water partition coefficient (Wildman–Crippen LogP) is 3.70. The van der Waals surface area contributed by atoms with Gasteiger partial charge in [0.25, 0.3) is 0 Å². The summed E-state index contributed by atoms with van der Waals surface area (Å²) in [6, 6.07) is 5.54. The van der Waals surface area contributed by atoms with Crippen LogP contribution in [0.5, 0.6) is 5.75 Å². The molecule has 2 aromatic heterocycles. The monoisotopic (exact) mass is 495 g/mol. The Morgan fingerprint density at radius 1 is 1.17 bits per heavy atom. The van der Waals surface area contributed by atoms with Crippen molar-refractivity contribution in [2.45, 2.75) is 25.5 Å². The van der Waals surface area contributed by atoms with Crippen LogP contribution in [0.4, 0.5) is 18.0 Å². The number of pyridine rings is 1. The van der Waals surface area contributed by atoms with Gasteiger partial charge in [-0.25, -0.2) is 23.0 Å². The minimum atomic E-state index is -0.731. The molecule has 0 saturated carbocycles. The molecule has 0 unspecified atom stereocenters. The van der Waals surface area contributed by atoms with E-state index in [1.165, 1.54) is 39.0 Å². The number of carbonyl (C=O) groups is 1. The number of rotatable bonds is 4. The van der Waals surface area contributed by atoms with Crippen LogP contribution in [-0.2, 0) is 7.05 Å². The first kappa shape index (κ1) is 23.3. The van der Waals surface area contributed by atoms with Crippen LogP contribution in [0.1, 0.15) is 29.3 Å². The van der Waals surface area contributed by atoms with E-state index in [0.717, 1.165) is 12.3 Å². The Bertz CT molecular complexity index is 1410. The maximum atomic E-state index is 14.4. The summed E-state index contributed by atoms with van der Waals surface area (Å²) in [6.45, 7) is 2.08. The summed E-state index contributed by atoms with van der Waals surface area (Å²) in [6.07, 6.45) is 2.39. The van der Waals surface area contributed by atoms with Crippen molar-refractivity contribution in [3.63, 3.8) is 0 Å². The van der Waals surface area contributed by atoms with E-state index in [9.17, 15) is 23.2 Å². The molecule has 9 nitrogen and oxygen atoms in total. The molecule has 36 heavy (non-hydrogen) atoms. The van der Waals surface area contributed by atoms with Crippen LogP contribution in [0.2, 0.25) is 0 Å². The lowest BCUT2D eigenvalue weighted by molar-refractivity contribution is 0.0256. The molecular weight excluding hydrogens is 475 g/mol. The fourth-order valence-electron chi connectivity index (χ4n) is 4.31. The number of ether oxygens (including phenoxy) is 1. The van der Waals surface area contributed by atoms with Crippen molar-refractivity contribution < 1.29 is 22.7 Å². The van der Waals surface area contributed by atoms with E-state index in [1.54, 1.807) is 14.0 Å². The number of urea groups is 1. The van der Waals surface area contributed by atoms with Crippen LogP contribution in [0.25, 0.3) is 11.4 Å². The van der Waals surface area contributed by atoms with E-state index in [-0.39, 0.29) is 18.8 Å². The number of aryl methyl sites for hydroxylation is 1. The molecule has 0 bridgehead atoms. The van der Waals surface area contributed by atoms with Gasteiger partial charge in [0, 0.05) is 37.4 Å². The van der Waals surface area contributed by atoms with Crippen molar-refractivity contribution in [1.29, 1.82) is 5.26 Å². The van der Waals surface area contributed by atoms with Gasteiger partial charge in [-0.2, -0.15) is 15.5 Å². The highest BCUT2D eigenvalue weighted by Gasteiger charge is 2.39. The second-order valence-electron chi connectivity index (χ2n) is 8.58. The Morgan fingerprint density at radius 2 is 1.89 bits per heavy atom. The van der Waals surface area contributed by atoms with Crippen molar-refractivity contribution in [3.05, 3.63) is 64.7 Å². The number of likely N-dealkylation sites (tertiary alicyclic amines) is 1. The SMILES string of the molecule is Cc1c(-c2cc(OC3CN(C(=O)N4N=CC[C@H]4c4cc(F)cc(F)c4)C3)c(F)cn2)nn(C)c1C#N. The molecule has 5 rings (SSSR count). The Labute approximate surface area is 204 Å². The third-order valence-corrected chi connectivity index (χ3v) is 6.16. The fourth-order valence-corrected chi connectivity index (χ4v) is 4.31. The lowest BCUT2D eigenvalue weighted by Crippen LogP contribution is -2.58. The third kappa shape index (κ3) is 4.13. The molecule has 0 radical (unpaired) electrons. The standard InChI is InChI=1S/C24H20F3N7O2/c1-13-21(9-28)32(2)31-23(13)19-8-22(18(27)10-29-19)36-17-11-33(12-17)24(35)34-20(3-4-30-34)14-5-15(25)7-16(26)6-14/h4-8,10,17,20H,3,11-12H2,1-2H3/t20-/m0/s1. The van der Waals surface area contributed by atoms with Crippen molar-refractivity contribution >= 4 is 12.2 Å². The van der Waals surface area contributed by atoms with Gasteiger partial charge in [-0.3, -0.25) is 9.67 Å². The van der Waals surface area contributed by atoms with E-state index < -0.39 is 35.6 Å². The molecule has 12 heteroatoms. The Hall–Kier alpha value is -4.40. The smallest absolute Gasteiger partial charge is 0.341 e. The molecule has 4 heterocycles. The summed E-state index contributed by atoms with van der Waals surface area (Å²) in [7, 11) is 1.63. The highest BCUT2D eigenvalue weighted by atomic mass is 19.1. The summed E-state index contributed by atoms with van der Waals surface area (Å²) in [5, 5.41) is 18.8. The lowest BCUT2D eigenvalue weighted by Gasteiger charge is -2.41. The van der Waals surface area contributed by atoms with E-state index in [0.29, 0.717) is 34.6 Å². The average molecular weight is 495 g/mol.